The van der Waals surface area contributed by atoms with Crippen LogP contribution in [-0.4, -0.2) is 48.9 Å². The van der Waals surface area contributed by atoms with Crippen LogP contribution in [-0.2, 0) is 29.5 Å². The van der Waals surface area contributed by atoms with Crippen molar-refractivity contribution >= 4 is 40.9 Å². The van der Waals surface area contributed by atoms with E-state index in [-0.39, 0.29) is 5.75 Å². The number of hydrogen-bond donors (Lipinski definition) is 2. The van der Waals surface area contributed by atoms with E-state index in [0.717, 1.165) is 34.5 Å². The molecule has 32 heavy (non-hydrogen) atoms. The van der Waals surface area contributed by atoms with Crippen molar-refractivity contribution in [2.24, 2.45) is 13.0 Å². The summed E-state index contributed by atoms with van der Waals surface area (Å²) in [5.41, 5.74) is 2.83. The van der Waals surface area contributed by atoms with Crippen molar-refractivity contribution in [3.8, 4) is 10.7 Å². The number of carbonyl (C=O) groups is 3. The van der Waals surface area contributed by atoms with Gasteiger partial charge < -0.3 is 9.88 Å². The summed E-state index contributed by atoms with van der Waals surface area (Å²) in [5.74, 6) is 0.629. The molecule has 2 aromatic heterocycles. The Hall–Kier alpha value is -2.40. The molecule has 1 aliphatic heterocycles. The predicted molar refractivity (Wildman–Crippen MR) is 123 cm³/mol. The number of rotatable bonds is 7. The van der Waals surface area contributed by atoms with Crippen molar-refractivity contribution < 1.29 is 14.4 Å². The lowest BCUT2D eigenvalue weighted by Gasteiger charge is -2.19. The lowest BCUT2D eigenvalue weighted by Crippen LogP contribution is -2.49. The number of amides is 4. The average molecular weight is 477 g/mol. The predicted octanol–water partition coefficient (Wildman–Crippen LogP) is 2.90. The largest absolute Gasteiger partial charge is 0.344 e. The van der Waals surface area contributed by atoms with E-state index in [1.165, 1.54) is 35.0 Å². The molecule has 3 heterocycles. The third kappa shape index (κ3) is 4.15. The topological polar surface area (TPSA) is 109 Å². The number of fused-ring (bicyclic) bond motifs is 1. The molecule has 2 aliphatic rings. The van der Waals surface area contributed by atoms with Crippen LogP contribution >= 0.6 is 23.1 Å². The molecule has 0 bridgehead atoms. The van der Waals surface area contributed by atoms with Gasteiger partial charge in [-0.3, -0.25) is 15.0 Å². The maximum absolute atomic E-state index is 12.4. The Morgan fingerprint density at radius 1 is 1.38 bits per heavy atom. The van der Waals surface area contributed by atoms with Gasteiger partial charge in [-0.25, -0.2) is 4.79 Å². The molecular weight excluding hydrogens is 448 g/mol. The zero-order valence-electron chi connectivity index (χ0n) is 18.7. The number of aryl methyl sites for hydroxylation is 1. The van der Waals surface area contributed by atoms with Crippen molar-refractivity contribution in [3.05, 3.63) is 16.5 Å². The van der Waals surface area contributed by atoms with Crippen molar-refractivity contribution in [2.75, 3.05) is 5.75 Å². The monoisotopic (exact) mass is 476 g/mol. The number of thiophene rings is 1. The number of hydrogen-bond acceptors (Lipinski definition) is 7. The van der Waals surface area contributed by atoms with E-state index in [2.05, 4.69) is 33.9 Å². The number of imide groups is 1. The zero-order chi connectivity index (χ0) is 23.0. The minimum Gasteiger partial charge on any atom is -0.322 e. The fraction of sp³-hybridized carbons (Fsp3) is 0.571. The first-order valence-electron chi connectivity index (χ1n) is 10.9. The Balaban J connectivity index is 1.39. The summed E-state index contributed by atoms with van der Waals surface area (Å²) in [6, 6.07) is 1.61. The second kappa shape index (κ2) is 8.86. The van der Waals surface area contributed by atoms with Gasteiger partial charge >= 0.3 is 6.03 Å². The van der Waals surface area contributed by atoms with Gasteiger partial charge in [-0.05, 0) is 50.2 Å². The molecule has 11 heteroatoms. The van der Waals surface area contributed by atoms with Gasteiger partial charge in [0.25, 0.3) is 5.91 Å². The summed E-state index contributed by atoms with van der Waals surface area (Å²) in [6.07, 6.45) is 5.14. The summed E-state index contributed by atoms with van der Waals surface area (Å²) < 4.78 is 1.88. The Bertz CT molecular complexity index is 1060. The SMILES string of the molecule is CC[C@H]1CCc2sc(-c3nnc(SCC(=O)NN4C(=O)N[C@@](C)(CC)C4=O)n3C)cc2C1. The number of urea groups is 1. The lowest BCUT2D eigenvalue weighted by molar-refractivity contribution is -0.137. The average Bonchev–Trinajstić information content (AvgIpc) is 3.42. The van der Waals surface area contributed by atoms with Crippen molar-refractivity contribution in [1.29, 1.82) is 0 Å². The molecule has 0 aromatic carbocycles. The summed E-state index contributed by atoms with van der Waals surface area (Å²) in [4.78, 5) is 39.4. The second-order valence-corrected chi connectivity index (χ2v) is 10.6. The van der Waals surface area contributed by atoms with Crippen LogP contribution in [0.5, 0.6) is 0 Å². The van der Waals surface area contributed by atoms with E-state index >= 15 is 0 Å². The third-order valence-corrected chi connectivity index (χ3v) is 8.61. The van der Waals surface area contributed by atoms with Crippen LogP contribution in [0.3, 0.4) is 0 Å². The van der Waals surface area contributed by atoms with Gasteiger partial charge in [0, 0.05) is 11.9 Å². The van der Waals surface area contributed by atoms with Crippen LogP contribution in [0.25, 0.3) is 10.7 Å². The van der Waals surface area contributed by atoms with Crippen LogP contribution < -0.4 is 10.7 Å². The van der Waals surface area contributed by atoms with Gasteiger partial charge in [-0.2, -0.15) is 5.01 Å². The number of nitrogens with zero attached hydrogens (tertiary/aromatic N) is 4. The quantitative estimate of drug-likeness (QED) is 0.470. The number of hydrazine groups is 1. The Labute approximate surface area is 195 Å². The summed E-state index contributed by atoms with van der Waals surface area (Å²) >= 11 is 2.99. The van der Waals surface area contributed by atoms with Gasteiger partial charge in [-0.15, -0.1) is 21.5 Å². The van der Waals surface area contributed by atoms with E-state index in [0.29, 0.717) is 11.6 Å². The molecule has 172 valence electrons. The third-order valence-electron chi connectivity index (χ3n) is 6.35. The van der Waals surface area contributed by atoms with Gasteiger partial charge in [0.1, 0.15) is 5.54 Å². The van der Waals surface area contributed by atoms with Crippen LogP contribution in [0, 0.1) is 5.92 Å². The number of thioether (sulfide) groups is 1. The van der Waals surface area contributed by atoms with Crippen LogP contribution in [0.15, 0.2) is 11.2 Å². The maximum Gasteiger partial charge on any atom is 0.344 e. The van der Waals surface area contributed by atoms with Crippen LogP contribution in [0.2, 0.25) is 0 Å². The molecule has 0 radical (unpaired) electrons. The highest BCUT2D eigenvalue weighted by Gasteiger charge is 2.47. The van der Waals surface area contributed by atoms with E-state index < -0.39 is 23.4 Å². The first kappa shape index (κ1) is 22.8. The summed E-state index contributed by atoms with van der Waals surface area (Å²) in [5, 5.41) is 12.6. The minimum atomic E-state index is -0.993. The fourth-order valence-corrected chi connectivity index (χ4v) is 5.96. The molecule has 0 saturated carbocycles. The highest BCUT2D eigenvalue weighted by atomic mass is 32.2. The lowest BCUT2D eigenvalue weighted by atomic mass is 9.87. The molecule has 2 atom stereocenters. The second-order valence-electron chi connectivity index (χ2n) is 8.52. The molecule has 4 rings (SSSR count). The summed E-state index contributed by atoms with van der Waals surface area (Å²) in [7, 11) is 1.88. The highest BCUT2D eigenvalue weighted by molar-refractivity contribution is 7.99. The first-order chi connectivity index (χ1) is 15.3. The fourth-order valence-electron chi connectivity index (χ4n) is 4.03. The van der Waals surface area contributed by atoms with Gasteiger partial charge in [0.05, 0.1) is 10.6 Å². The Kier molecular flexibility index (Phi) is 6.30. The smallest absolute Gasteiger partial charge is 0.322 e. The Morgan fingerprint density at radius 2 is 2.16 bits per heavy atom. The van der Waals surface area contributed by atoms with E-state index in [1.807, 2.05) is 11.6 Å². The van der Waals surface area contributed by atoms with Gasteiger partial charge in [0.15, 0.2) is 11.0 Å². The number of carbonyl (C=O) groups excluding carboxylic acids is 3. The van der Waals surface area contributed by atoms with Crippen LogP contribution in [0.4, 0.5) is 4.79 Å². The maximum atomic E-state index is 12.4. The molecule has 0 spiro atoms. The van der Waals surface area contributed by atoms with E-state index in [1.54, 1.807) is 25.2 Å². The molecular formula is C21H28N6O3S2. The Morgan fingerprint density at radius 3 is 2.84 bits per heavy atom. The van der Waals surface area contributed by atoms with E-state index in [9.17, 15) is 14.4 Å². The standard InChI is InChI=1S/C21H28N6O3S2/c1-5-12-7-8-14-13(9-12)10-15(32-14)17-23-24-20(26(17)4)31-11-16(28)25-27-18(29)21(3,6-2)22-19(27)30/h10,12H,5-9,11H2,1-4H3,(H,22,30)(H,25,28)/t12-,21-/m0/s1. The van der Waals surface area contributed by atoms with E-state index in [4.69, 9.17) is 0 Å². The van der Waals surface area contributed by atoms with Crippen LogP contribution in [0.1, 0.15) is 50.5 Å². The molecule has 1 aliphatic carbocycles. The molecule has 0 unspecified atom stereocenters. The number of aromatic nitrogens is 3. The minimum absolute atomic E-state index is 0.00495. The molecule has 2 N–H and O–H groups in total. The molecule has 1 saturated heterocycles. The molecule has 1 fully saturated rings. The van der Waals surface area contributed by atoms with Crippen molar-refractivity contribution in [2.45, 2.75) is 63.6 Å². The van der Waals surface area contributed by atoms with Crippen molar-refractivity contribution in [3.63, 3.8) is 0 Å². The van der Waals surface area contributed by atoms with Gasteiger partial charge in [-0.1, -0.05) is 32.0 Å². The summed E-state index contributed by atoms with van der Waals surface area (Å²) in [6.45, 7) is 5.69. The molecule has 4 amide bonds. The zero-order valence-corrected chi connectivity index (χ0v) is 20.4. The first-order valence-corrected chi connectivity index (χ1v) is 12.7. The molecule has 9 nitrogen and oxygen atoms in total. The molecule has 2 aromatic rings. The number of nitrogens with one attached hydrogen (secondary N) is 2. The van der Waals surface area contributed by atoms with Gasteiger partial charge in [0.2, 0.25) is 5.91 Å². The normalized spacial score (nSPS) is 22.8. The van der Waals surface area contributed by atoms with Crippen molar-refractivity contribution in [1.82, 2.24) is 30.5 Å². The highest BCUT2D eigenvalue weighted by Crippen LogP contribution is 2.38.